The second kappa shape index (κ2) is 3.86. The van der Waals surface area contributed by atoms with E-state index in [9.17, 15) is 22.8 Å². The molecule has 18 heavy (non-hydrogen) atoms. The van der Waals surface area contributed by atoms with Gasteiger partial charge in [-0.2, -0.15) is 13.2 Å². The Kier molecular flexibility index (Phi) is 2.61. The number of rotatable bonds is 1. The second-order valence-electron chi connectivity index (χ2n) is 3.59. The summed E-state index contributed by atoms with van der Waals surface area (Å²) < 4.78 is 38.1. The quantitative estimate of drug-likeness (QED) is 0.823. The molecule has 0 saturated carbocycles. The van der Waals surface area contributed by atoms with Crippen molar-refractivity contribution >= 4 is 16.7 Å². The minimum atomic E-state index is -4.67. The number of aromatic carboxylic acids is 1. The van der Waals surface area contributed by atoms with Gasteiger partial charge in [-0.25, -0.2) is 4.79 Å². The van der Waals surface area contributed by atoms with Gasteiger partial charge in [-0.3, -0.25) is 4.79 Å². The summed E-state index contributed by atoms with van der Waals surface area (Å²) in [5.74, 6) is -1.36. The van der Waals surface area contributed by atoms with Crippen LogP contribution in [-0.2, 0) is 6.18 Å². The van der Waals surface area contributed by atoms with Crippen LogP contribution in [0.2, 0.25) is 0 Å². The van der Waals surface area contributed by atoms with Crippen LogP contribution in [0.15, 0.2) is 29.2 Å². The predicted octanol–water partition coefficient (Wildman–Crippen LogP) is 2.25. The van der Waals surface area contributed by atoms with Crippen LogP contribution < -0.4 is 5.56 Å². The Hall–Kier alpha value is -2.31. The van der Waals surface area contributed by atoms with E-state index in [-0.39, 0.29) is 10.9 Å². The van der Waals surface area contributed by atoms with E-state index in [2.05, 4.69) is 0 Å². The molecule has 1 aromatic carbocycles. The maximum absolute atomic E-state index is 12.7. The molecule has 0 saturated heterocycles. The Morgan fingerprint density at radius 1 is 1.22 bits per heavy atom. The molecule has 0 fully saturated rings. The first-order chi connectivity index (χ1) is 8.30. The van der Waals surface area contributed by atoms with Crippen molar-refractivity contribution in [2.75, 3.05) is 0 Å². The number of carboxylic acids is 1. The topological polar surface area (TPSA) is 70.2 Å². The molecule has 2 N–H and O–H groups in total. The number of carboxylic acid groups (broad SMARTS) is 1. The molecule has 2 rings (SSSR count). The summed E-state index contributed by atoms with van der Waals surface area (Å²) in [6.45, 7) is 0. The van der Waals surface area contributed by atoms with Crippen LogP contribution in [0.4, 0.5) is 13.2 Å². The van der Waals surface area contributed by atoms with Crippen LogP contribution in [0.25, 0.3) is 10.8 Å². The van der Waals surface area contributed by atoms with Gasteiger partial charge in [0.1, 0.15) is 0 Å². The van der Waals surface area contributed by atoms with Crippen molar-refractivity contribution in [1.29, 1.82) is 0 Å². The third-order valence-corrected chi connectivity index (χ3v) is 2.45. The average Bonchev–Trinajstić information content (AvgIpc) is 2.27. The number of H-pyrrole nitrogens is 1. The summed E-state index contributed by atoms with van der Waals surface area (Å²) in [6.07, 6.45) is -4.13. The molecule has 0 amide bonds. The van der Waals surface area contributed by atoms with Crippen LogP contribution in [-0.4, -0.2) is 16.1 Å². The van der Waals surface area contributed by atoms with Crippen LogP contribution in [0.5, 0.6) is 0 Å². The second-order valence-corrected chi connectivity index (χ2v) is 3.59. The minimum Gasteiger partial charge on any atom is -0.478 e. The number of fused-ring (bicyclic) bond motifs is 1. The molecule has 0 aliphatic heterocycles. The number of alkyl halides is 3. The Bertz CT molecular complexity index is 688. The van der Waals surface area contributed by atoms with Gasteiger partial charge in [-0.1, -0.05) is 0 Å². The fraction of sp³-hybridized carbons (Fsp3) is 0.0909. The smallest absolute Gasteiger partial charge is 0.418 e. The largest absolute Gasteiger partial charge is 0.478 e. The van der Waals surface area contributed by atoms with Crippen molar-refractivity contribution in [2.24, 2.45) is 0 Å². The first-order valence-electron chi connectivity index (χ1n) is 4.76. The first-order valence-corrected chi connectivity index (χ1v) is 4.76. The molecule has 4 nitrogen and oxygen atoms in total. The van der Waals surface area contributed by atoms with Gasteiger partial charge in [0, 0.05) is 17.0 Å². The van der Waals surface area contributed by atoms with Crippen LogP contribution in [0.1, 0.15) is 15.9 Å². The maximum atomic E-state index is 12.7. The molecule has 0 aliphatic rings. The lowest BCUT2D eigenvalue weighted by Crippen LogP contribution is -2.14. The van der Waals surface area contributed by atoms with Crippen molar-refractivity contribution < 1.29 is 23.1 Å². The number of aromatic nitrogens is 1. The van der Waals surface area contributed by atoms with E-state index in [0.29, 0.717) is 6.20 Å². The zero-order valence-corrected chi connectivity index (χ0v) is 8.71. The Balaban J connectivity index is 2.89. The van der Waals surface area contributed by atoms with E-state index < -0.39 is 28.7 Å². The van der Waals surface area contributed by atoms with E-state index >= 15 is 0 Å². The number of hydrogen-bond donors (Lipinski definition) is 2. The van der Waals surface area contributed by atoms with Crippen molar-refractivity contribution in [3.05, 3.63) is 45.9 Å². The zero-order valence-electron chi connectivity index (χ0n) is 8.71. The lowest BCUT2D eigenvalue weighted by molar-refractivity contribution is -0.136. The molecular formula is C11H6F3NO3. The Labute approximate surface area is 97.7 Å². The summed E-state index contributed by atoms with van der Waals surface area (Å²) in [7, 11) is 0. The highest BCUT2D eigenvalue weighted by atomic mass is 19.4. The van der Waals surface area contributed by atoms with Gasteiger partial charge in [0.2, 0.25) is 0 Å². The van der Waals surface area contributed by atoms with E-state index in [4.69, 9.17) is 5.11 Å². The van der Waals surface area contributed by atoms with Crippen molar-refractivity contribution in [3.63, 3.8) is 0 Å². The lowest BCUT2D eigenvalue weighted by Gasteiger charge is -2.10. The molecular weight excluding hydrogens is 251 g/mol. The number of benzene rings is 1. The number of pyridine rings is 1. The number of aromatic amines is 1. The summed E-state index contributed by atoms with van der Waals surface area (Å²) in [5, 5.41) is 8.12. The Morgan fingerprint density at radius 2 is 1.89 bits per heavy atom. The molecule has 2 aromatic rings. The summed E-state index contributed by atoms with van der Waals surface area (Å²) in [5.41, 5.74) is -2.08. The van der Waals surface area contributed by atoms with Gasteiger partial charge in [0.25, 0.3) is 5.56 Å². The monoisotopic (exact) mass is 257 g/mol. The SMILES string of the molecule is O=C(O)c1ccc2c(=O)[nH]cc(C(F)(F)F)c2c1. The van der Waals surface area contributed by atoms with E-state index in [1.165, 1.54) is 0 Å². The van der Waals surface area contributed by atoms with Gasteiger partial charge in [0.15, 0.2) is 0 Å². The molecule has 94 valence electrons. The van der Waals surface area contributed by atoms with Crippen molar-refractivity contribution in [3.8, 4) is 0 Å². The van der Waals surface area contributed by atoms with Crippen LogP contribution in [0.3, 0.4) is 0 Å². The van der Waals surface area contributed by atoms with Crippen LogP contribution >= 0.6 is 0 Å². The van der Waals surface area contributed by atoms with Crippen LogP contribution in [0, 0.1) is 0 Å². The molecule has 0 unspecified atom stereocenters. The molecule has 0 spiro atoms. The molecule has 0 aliphatic carbocycles. The lowest BCUT2D eigenvalue weighted by atomic mass is 10.0. The molecule has 0 atom stereocenters. The van der Waals surface area contributed by atoms with Gasteiger partial charge in [-0.05, 0) is 18.2 Å². The molecule has 0 radical (unpaired) electrons. The Morgan fingerprint density at radius 3 is 2.44 bits per heavy atom. The number of hydrogen-bond acceptors (Lipinski definition) is 2. The average molecular weight is 257 g/mol. The molecule has 0 bridgehead atoms. The normalized spacial score (nSPS) is 11.7. The van der Waals surface area contributed by atoms with E-state index in [0.717, 1.165) is 18.2 Å². The van der Waals surface area contributed by atoms with Gasteiger partial charge in [0.05, 0.1) is 11.1 Å². The van der Waals surface area contributed by atoms with Gasteiger partial charge in [-0.15, -0.1) is 0 Å². The highest BCUT2D eigenvalue weighted by molar-refractivity contribution is 5.95. The van der Waals surface area contributed by atoms with Gasteiger partial charge >= 0.3 is 12.1 Å². The summed E-state index contributed by atoms with van der Waals surface area (Å²) in [6, 6.07) is 2.99. The van der Waals surface area contributed by atoms with E-state index in [1.807, 2.05) is 4.98 Å². The third-order valence-electron chi connectivity index (χ3n) is 2.45. The molecule has 1 aromatic heterocycles. The zero-order chi connectivity index (χ0) is 13.5. The first kappa shape index (κ1) is 12.2. The third kappa shape index (κ3) is 1.94. The summed E-state index contributed by atoms with van der Waals surface area (Å²) in [4.78, 5) is 24.1. The highest BCUT2D eigenvalue weighted by Crippen LogP contribution is 2.33. The number of halogens is 3. The van der Waals surface area contributed by atoms with Crippen molar-refractivity contribution in [1.82, 2.24) is 4.98 Å². The van der Waals surface area contributed by atoms with E-state index in [1.54, 1.807) is 0 Å². The highest BCUT2D eigenvalue weighted by Gasteiger charge is 2.33. The predicted molar refractivity (Wildman–Crippen MR) is 56.5 cm³/mol. The minimum absolute atomic E-state index is 0.199. The fourth-order valence-corrected chi connectivity index (χ4v) is 1.63. The number of nitrogens with one attached hydrogen (secondary N) is 1. The maximum Gasteiger partial charge on any atom is 0.418 e. The number of carbonyl (C=O) groups is 1. The standard InChI is InChI=1S/C11H6F3NO3/c12-11(13,14)8-4-15-9(16)6-2-1-5(10(17)18)3-7(6)8/h1-4H,(H,15,16)(H,17,18). The van der Waals surface area contributed by atoms with Crippen molar-refractivity contribution in [2.45, 2.75) is 6.18 Å². The fourth-order valence-electron chi connectivity index (χ4n) is 1.63. The van der Waals surface area contributed by atoms with Gasteiger partial charge < -0.3 is 10.1 Å². The molecule has 7 heteroatoms. The molecule has 1 heterocycles. The summed E-state index contributed by atoms with van der Waals surface area (Å²) >= 11 is 0.